The first-order chi connectivity index (χ1) is 9.26. The summed E-state index contributed by atoms with van der Waals surface area (Å²) in [5.74, 6) is -0.666. The zero-order valence-corrected chi connectivity index (χ0v) is 13.5. The molecule has 2 aromatic rings. The summed E-state index contributed by atoms with van der Waals surface area (Å²) >= 11 is 3.02. The predicted molar refractivity (Wildman–Crippen MR) is 82.5 cm³/mol. The van der Waals surface area contributed by atoms with E-state index in [1.165, 1.54) is 11.3 Å². The van der Waals surface area contributed by atoms with Crippen molar-refractivity contribution in [2.75, 3.05) is 0 Å². The summed E-state index contributed by atoms with van der Waals surface area (Å²) in [6, 6.07) is 3.17. The third-order valence-corrected chi connectivity index (χ3v) is 4.56. The van der Waals surface area contributed by atoms with Gasteiger partial charge in [-0.2, -0.15) is 0 Å². The number of fused-ring (bicyclic) bond motifs is 1. The standard InChI is InChI=1S/C14H17NO3S2/c1-8(13(17)18-14(2,3)4)15-12(16)11-7-10-9(20-11)5-6-19-10/h5-8H,1-4H3,(H,15,16)/t8-/m0/s1. The highest BCUT2D eigenvalue weighted by Gasteiger charge is 2.24. The lowest BCUT2D eigenvalue weighted by Gasteiger charge is -2.22. The molecule has 4 nitrogen and oxygen atoms in total. The molecular weight excluding hydrogens is 294 g/mol. The monoisotopic (exact) mass is 311 g/mol. The summed E-state index contributed by atoms with van der Waals surface area (Å²) in [5, 5.41) is 4.66. The molecule has 0 saturated carbocycles. The van der Waals surface area contributed by atoms with Crippen molar-refractivity contribution in [2.24, 2.45) is 0 Å². The van der Waals surface area contributed by atoms with E-state index in [0.717, 1.165) is 9.40 Å². The van der Waals surface area contributed by atoms with E-state index in [1.54, 1.807) is 39.0 Å². The first-order valence-electron chi connectivity index (χ1n) is 6.27. The smallest absolute Gasteiger partial charge is 0.328 e. The molecule has 0 aromatic carbocycles. The van der Waals surface area contributed by atoms with Crippen LogP contribution >= 0.6 is 22.7 Å². The van der Waals surface area contributed by atoms with Crippen LogP contribution in [0.1, 0.15) is 37.4 Å². The Kier molecular flexibility index (Phi) is 4.15. The van der Waals surface area contributed by atoms with E-state index in [-0.39, 0.29) is 5.91 Å². The Morgan fingerprint density at radius 2 is 2.00 bits per heavy atom. The highest BCUT2D eigenvalue weighted by atomic mass is 32.1. The van der Waals surface area contributed by atoms with Gasteiger partial charge in [0.2, 0.25) is 0 Å². The van der Waals surface area contributed by atoms with Gasteiger partial charge in [-0.1, -0.05) is 0 Å². The van der Waals surface area contributed by atoms with Crippen molar-refractivity contribution >= 4 is 43.9 Å². The van der Waals surface area contributed by atoms with Crippen LogP contribution in [0, 0.1) is 0 Å². The quantitative estimate of drug-likeness (QED) is 0.884. The fourth-order valence-electron chi connectivity index (χ4n) is 1.59. The minimum absolute atomic E-state index is 0.239. The van der Waals surface area contributed by atoms with E-state index >= 15 is 0 Å². The second-order valence-corrected chi connectivity index (χ2v) is 7.52. The molecular formula is C14H17NO3S2. The van der Waals surface area contributed by atoms with E-state index in [0.29, 0.717) is 4.88 Å². The molecule has 0 spiro atoms. The van der Waals surface area contributed by atoms with E-state index in [1.807, 2.05) is 17.5 Å². The lowest BCUT2D eigenvalue weighted by molar-refractivity contribution is -0.156. The van der Waals surface area contributed by atoms with Crippen molar-refractivity contribution in [2.45, 2.75) is 39.3 Å². The zero-order valence-electron chi connectivity index (χ0n) is 11.9. The Hall–Kier alpha value is -1.40. The fourth-order valence-corrected chi connectivity index (χ4v) is 3.61. The summed E-state index contributed by atoms with van der Waals surface area (Å²) < 4.78 is 7.41. The maximum atomic E-state index is 12.1. The molecule has 0 aliphatic heterocycles. The lowest BCUT2D eigenvalue weighted by atomic mass is 10.2. The second-order valence-electron chi connectivity index (χ2n) is 5.49. The van der Waals surface area contributed by atoms with Crippen LogP contribution in [0.3, 0.4) is 0 Å². The number of rotatable bonds is 3. The molecule has 2 rings (SSSR count). The Balaban J connectivity index is 2.00. The van der Waals surface area contributed by atoms with E-state index in [2.05, 4.69) is 5.32 Å². The molecule has 0 aliphatic carbocycles. The van der Waals surface area contributed by atoms with Gasteiger partial charge in [0.15, 0.2) is 0 Å². The van der Waals surface area contributed by atoms with Gasteiger partial charge in [-0.3, -0.25) is 4.79 Å². The maximum absolute atomic E-state index is 12.1. The van der Waals surface area contributed by atoms with Crippen molar-refractivity contribution < 1.29 is 14.3 Å². The van der Waals surface area contributed by atoms with Crippen molar-refractivity contribution in [3.8, 4) is 0 Å². The average molecular weight is 311 g/mol. The van der Waals surface area contributed by atoms with Crippen LogP contribution in [-0.2, 0) is 9.53 Å². The Labute approximate surface area is 125 Å². The number of hydrogen-bond acceptors (Lipinski definition) is 5. The van der Waals surface area contributed by atoms with Crippen LogP contribution < -0.4 is 5.32 Å². The number of hydrogen-bond donors (Lipinski definition) is 1. The van der Waals surface area contributed by atoms with Crippen molar-refractivity contribution in [1.29, 1.82) is 0 Å². The number of carbonyl (C=O) groups is 2. The molecule has 0 unspecified atom stereocenters. The molecule has 1 atom stereocenters. The molecule has 6 heteroatoms. The van der Waals surface area contributed by atoms with Gasteiger partial charge in [0.1, 0.15) is 11.6 Å². The van der Waals surface area contributed by atoms with Gasteiger partial charge in [-0.25, -0.2) is 4.79 Å². The summed E-state index contributed by atoms with van der Waals surface area (Å²) in [4.78, 5) is 24.5. The minimum atomic E-state index is -0.665. The fraction of sp³-hybridized carbons (Fsp3) is 0.429. The van der Waals surface area contributed by atoms with Gasteiger partial charge < -0.3 is 10.1 Å². The predicted octanol–water partition coefficient (Wildman–Crippen LogP) is 3.42. The number of ether oxygens (including phenoxy) is 1. The highest BCUT2D eigenvalue weighted by Crippen LogP contribution is 2.29. The zero-order chi connectivity index (χ0) is 14.9. The molecule has 108 valence electrons. The van der Waals surface area contributed by atoms with Gasteiger partial charge in [-0.15, -0.1) is 22.7 Å². The van der Waals surface area contributed by atoms with Gasteiger partial charge >= 0.3 is 5.97 Å². The number of nitrogens with one attached hydrogen (secondary N) is 1. The SMILES string of the molecule is C[C@H](NC(=O)c1cc2sccc2s1)C(=O)OC(C)(C)C. The molecule has 2 heterocycles. The first kappa shape index (κ1) is 15.0. The van der Waals surface area contributed by atoms with Gasteiger partial charge in [0, 0.05) is 9.40 Å². The molecule has 0 fully saturated rings. The summed E-state index contributed by atoms with van der Waals surface area (Å²) in [6.07, 6.45) is 0. The van der Waals surface area contributed by atoms with Crippen LogP contribution in [0.2, 0.25) is 0 Å². The normalized spacial score (nSPS) is 13.2. The van der Waals surface area contributed by atoms with E-state index in [4.69, 9.17) is 4.74 Å². The van der Waals surface area contributed by atoms with Crippen molar-refractivity contribution in [1.82, 2.24) is 5.32 Å². The van der Waals surface area contributed by atoms with Crippen LogP contribution in [-0.4, -0.2) is 23.5 Å². The summed E-state index contributed by atoms with van der Waals surface area (Å²) in [7, 11) is 0. The summed E-state index contributed by atoms with van der Waals surface area (Å²) in [5.41, 5.74) is -0.554. The molecule has 0 radical (unpaired) electrons. The average Bonchev–Trinajstić information content (AvgIpc) is 2.85. The molecule has 1 amide bonds. The Bertz CT molecular complexity index is 608. The third kappa shape index (κ3) is 3.58. The molecule has 2 aromatic heterocycles. The Morgan fingerprint density at radius 1 is 1.30 bits per heavy atom. The molecule has 1 N–H and O–H groups in total. The highest BCUT2D eigenvalue weighted by molar-refractivity contribution is 7.27. The van der Waals surface area contributed by atoms with Crippen LogP contribution in [0.25, 0.3) is 9.40 Å². The molecule has 0 aliphatic rings. The number of thiophene rings is 2. The van der Waals surface area contributed by atoms with Gasteiger partial charge in [0.05, 0.1) is 4.88 Å². The largest absolute Gasteiger partial charge is 0.458 e. The van der Waals surface area contributed by atoms with Crippen LogP contribution in [0.5, 0.6) is 0 Å². The minimum Gasteiger partial charge on any atom is -0.458 e. The number of amides is 1. The Morgan fingerprint density at radius 3 is 2.60 bits per heavy atom. The number of carbonyl (C=O) groups excluding carboxylic acids is 2. The second kappa shape index (κ2) is 5.54. The van der Waals surface area contributed by atoms with Crippen LogP contribution in [0.4, 0.5) is 0 Å². The maximum Gasteiger partial charge on any atom is 0.328 e. The lowest BCUT2D eigenvalue weighted by Crippen LogP contribution is -2.41. The van der Waals surface area contributed by atoms with Crippen molar-refractivity contribution in [3.63, 3.8) is 0 Å². The van der Waals surface area contributed by atoms with Gasteiger partial charge in [-0.05, 0) is 45.2 Å². The van der Waals surface area contributed by atoms with E-state index in [9.17, 15) is 9.59 Å². The summed E-state index contributed by atoms with van der Waals surface area (Å²) in [6.45, 7) is 7.02. The van der Waals surface area contributed by atoms with Crippen molar-refractivity contribution in [3.05, 3.63) is 22.4 Å². The van der Waals surface area contributed by atoms with Gasteiger partial charge in [0.25, 0.3) is 5.91 Å². The van der Waals surface area contributed by atoms with E-state index < -0.39 is 17.6 Å². The van der Waals surface area contributed by atoms with Crippen LogP contribution in [0.15, 0.2) is 17.5 Å². The molecule has 20 heavy (non-hydrogen) atoms. The first-order valence-corrected chi connectivity index (χ1v) is 7.96. The molecule has 0 bridgehead atoms. The topological polar surface area (TPSA) is 55.4 Å². The number of esters is 1. The third-order valence-electron chi connectivity index (χ3n) is 2.47. The molecule has 0 saturated heterocycles.